The number of nitrogens with one attached hydrogen (secondary N) is 1. The highest BCUT2D eigenvalue weighted by molar-refractivity contribution is 5.93. The number of hydrogen-bond donors (Lipinski definition) is 2. The smallest absolute Gasteiger partial charge is 0.224 e. The molecule has 156 valence electrons. The number of hydrogen-bond acceptors (Lipinski definition) is 5. The molecule has 2 atom stereocenters. The summed E-state index contributed by atoms with van der Waals surface area (Å²) in [5.74, 6) is 1.45. The molecule has 6 nitrogen and oxygen atoms in total. The van der Waals surface area contributed by atoms with Gasteiger partial charge in [0.1, 0.15) is 18.5 Å². The molecule has 0 spiro atoms. The summed E-state index contributed by atoms with van der Waals surface area (Å²) in [7, 11) is 0. The van der Waals surface area contributed by atoms with Gasteiger partial charge in [0.15, 0.2) is 0 Å². The molecule has 0 saturated carbocycles. The second-order valence-corrected chi connectivity index (χ2v) is 8.32. The van der Waals surface area contributed by atoms with E-state index < -0.39 is 6.10 Å². The van der Waals surface area contributed by atoms with Crippen molar-refractivity contribution >= 4 is 11.6 Å². The van der Waals surface area contributed by atoms with Gasteiger partial charge in [-0.2, -0.15) is 0 Å². The third-order valence-corrected chi connectivity index (χ3v) is 5.92. The monoisotopic (exact) mass is 397 g/mol. The summed E-state index contributed by atoms with van der Waals surface area (Å²) in [5, 5.41) is 13.3. The van der Waals surface area contributed by atoms with Crippen LogP contribution >= 0.6 is 0 Å². The molecule has 0 aromatic heterocycles. The van der Waals surface area contributed by atoms with E-state index in [1.165, 1.54) is 5.70 Å². The van der Waals surface area contributed by atoms with Crippen LogP contribution in [0.5, 0.6) is 5.75 Å². The van der Waals surface area contributed by atoms with Crippen LogP contribution in [0, 0.1) is 5.92 Å². The van der Waals surface area contributed by atoms with Gasteiger partial charge in [-0.3, -0.25) is 9.69 Å². The van der Waals surface area contributed by atoms with Crippen LogP contribution in [0.25, 0.3) is 0 Å². The number of amides is 1. The third kappa shape index (κ3) is 5.19. The van der Waals surface area contributed by atoms with Crippen molar-refractivity contribution in [1.29, 1.82) is 0 Å². The summed E-state index contributed by atoms with van der Waals surface area (Å²) in [6.45, 7) is 7.04. The molecule has 1 fully saturated rings. The number of aliphatic hydroxyl groups excluding tert-OH is 1. The van der Waals surface area contributed by atoms with Gasteiger partial charge >= 0.3 is 0 Å². The molecule has 1 saturated heterocycles. The van der Waals surface area contributed by atoms with Crippen molar-refractivity contribution in [3.63, 3.8) is 0 Å². The Kier molecular flexibility index (Phi) is 6.21. The molecular formula is C23H31N3O3. The lowest BCUT2D eigenvalue weighted by Gasteiger charge is -2.38. The molecule has 1 aromatic carbocycles. The number of nitrogens with zero attached hydrogens (tertiary/aromatic N) is 2. The summed E-state index contributed by atoms with van der Waals surface area (Å²) in [6, 6.07) is 5.69. The predicted octanol–water partition coefficient (Wildman–Crippen LogP) is 2.41. The minimum atomic E-state index is -0.521. The number of benzene rings is 1. The lowest BCUT2D eigenvalue weighted by molar-refractivity contribution is -0.116. The Bertz CT molecular complexity index is 797. The van der Waals surface area contributed by atoms with Crippen molar-refractivity contribution in [1.82, 2.24) is 9.80 Å². The number of anilines is 1. The normalized spacial score (nSPS) is 23.2. The first-order valence-electron chi connectivity index (χ1n) is 10.7. The lowest BCUT2D eigenvalue weighted by Crippen LogP contribution is -2.48. The van der Waals surface area contributed by atoms with Crippen molar-refractivity contribution < 1.29 is 14.6 Å². The van der Waals surface area contributed by atoms with Gasteiger partial charge in [-0.1, -0.05) is 19.1 Å². The maximum Gasteiger partial charge on any atom is 0.224 e. The largest absolute Gasteiger partial charge is 0.491 e. The molecule has 29 heavy (non-hydrogen) atoms. The second kappa shape index (κ2) is 9.01. The quantitative estimate of drug-likeness (QED) is 0.772. The molecule has 2 N–H and O–H groups in total. The average Bonchev–Trinajstić information content (AvgIpc) is 2.73. The van der Waals surface area contributed by atoms with E-state index in [0.717, 1.165) is 56.0 Å². The van der Waals surface area contributed by atoms with Crippen LogP contribution in [0.1, 0.15) is 25.3 Å². The molecule has 1 aliphatic carbocycles. The van der Waals surface area contributed by atoms with Crippen LogP contribution < -0.4 is 10.1 Å². The Labute approximate surface area is 172 Å². The molecule has 4 rings (SSSR count). The molecular weight excluding hydrogens is 366 g/mol. The Hall–Kier alpha value is -2.31. The first-order chi connectivity index (χ1) is 14.1. The van der Waals surface area contributed by atoms with Gasteiger partial charge in [0, 0.05) is 50.5 Å². The molecule has 0 radical (unpaired) electrons. The zero-order chi connectivity index (χ0) is 20.2. The van der Waals surface area contributed by atoms with Crippen molar-refractivity contribution in [3.8, 4) is 5.75 Å². The Morgan fingerprint density at radius 2 is 2.07 bits per heavy atom. The van der Waals surface area contributed by atoms with Crippen LogP contribution in [0.15, 0.2) is 42.1 Å². The fourth-order valence-corrected chi connectivity index (χ4v) is 4.13. The molecule has 2 heterocycles. The molecule has 2 aliphatic heterocycles. The average molecular weight is 398 g/mol. The van der Waals surface area contributed by atoms with Crippen LogP contribution in [0.4, 0.5) is 5.69 Å². The van der Waals surface area contributed by atoms with E-state index in [1.807, 2.05) is 18.2 Å². The van der Waals surface area contributed by atoms with Crippen LogP contribution in [-0.2, 0) is 11.2 Å². The highest BCUT2D eigenvalue weighted by Crippen LogP contribution is 2.27. The zero-order valence-corrected chi connectivity index (χ0v) is 17.1. The topological polar surface area (TPSA) is 65.0 Å². The summed E-state index contributed by atoms with van der Waals surface area (Å²) in [6.07, 6.45) is 8.72. The zero-order valence-electron chi connectivity index (χ0n) is 17.1. The van der Waals surface area contributed by atoms with Crippen molar-refractivity contribution in [3.05, 3.63) is 47.7 Å². The molecule has 3 aliphatic rings. The number of aliphatic hydroxyl groups is 1. The standard InChI is InChI=1S/C23H31N3O3/c1-17-2-5-19(6-3-17)26-12-10-25(11-13-26)15-20(27)16-29-21-7-8-22-18(14-21)4-9-23(28)24-22/h2,5-8,14,17,20,27H,3-4,9-13,15-16H2,1H3,(H,24,28)/t17?,20-/m0/s1. The Balaban J connectivity index is 1.20. The van der Waals surface area contributed by atoms with Crippen LogP contribution in [0.3, 0.4) is 0 Å². The van der Waals surface area contributed by atoms with E-state index in [4.69, 9.17) is 4.74 Å². The number of ether oxygens (including phenoxy) is 1. The first kappa shape index (κ1) is 20.0. The van der Waals surface area contributed by atoms with Gasteiger partial charge in [-0.25, -0.2) is 0 Å². The summed E-state index contributed by atoms with van der Waals surface area (Å²) in [4.78, 5) is 16.2. The lowest BCUT2D eigenvalue weighted by atomic mass is 10.0. The number of piperazine rings is 1. The molecule has 1 amide bonds. The number of β-amino-alcohol motifs (C(OH)–C–C–N with tert-alkyl or cyclic N) is 1. The number of aryl methyl sites for hydroxylation is 1. The molecule has 0 bridgehead atoms. The van der Waals surface area contributed by atoms with Crippen molar-refractivity contribution in [2.75, 3.05) is 44.6 Å². The molecule has 1 unspecified atom stereocenters. The van der Waals surface area contributed by atoms with Crippen LogP contribution in [-0.4, -0.2) is 66.2 Å². The third-order valence-electron chi connectivity index (χ3n) is 5.92. The van der Waals surface area contributed by atoms with Gasteiger partial charge in [-0.15, -0.1) is 0 Å². The minimum absolute atomic E-state index is 0.0621. The number of fused-ring (bicyclic) bond motifs is 1. The van der Waals surface area contributed by atoms with Gasteiger partial charge in [0.25, 0.3) is 0 Å². The second-order valence-electron chi connectivity index (χ2n) is 8.32. The number of carbonyl (C=O) groups is 1. The van der Waals surface area contributed by atoms with E-state index in [0.29, 0.717) is 18.9 Å². The highest BCUT2D eigenvalue weighted by Gasteiger charge is 2.21. The maximum absolute atomic E-state index is 11.4. The maximum atomic E-state index is 11.4. The van der Waals surface area contributed by atoms with Gasteiger partial charge in [-0.05, 0) is 48.6 Å². The van der Waals surface area contributed by atoms with Crippen LogP contribution in [0.2, 0.25) is 0 Å². The highest BCUT2D eigenvalue weighted by atomic mass is 16.5. The predicted molar refractivity (Wildman–Crippen MR) is 114 cm³/mol. The minimum Gasteiger partial charge on any atom is -0.491 e. The summed E-state index contributed by atoms with van der Waals surface area (Å²) in [5.41, 5.74) is 3.30. The van der Waals surface area contributed by atoms with Gasteiger partial charge < -0.3 is 20.1 Å². The Morgan fingerprint density at radius 1 is 1.24 bits per heavy atom. The van der Waals surface area contributed by atoms with E-state index >= 15 is 0 Å². The SMILES string of the molecule is CC1C=CC(N2CCN(C[C@H](O)COc3ccc4c(c3)CCC(=O)N4)CC2)=CC1. The first-order valence-corrected chi connectivity index (χ1v) is 10.7. The van der Waals surface area contributed by atoms with E-state index in [-0.39, 0.29) is 12.5 Å². The van der Waals surface area contributed by atoms with E-state index in [2.05, 4.69) is 40.3 Å². The summed E-state index contributed by atoms with van der Waals surface area (Å²) < 4.78 is 5.81. The Morgan fingerprint density at radius 3 is 2.83 bits per heavy atom. The fraction of sp³-hybridized carbons (Fsp3) is 0.522. The number of allylic oxidation sites excluding steroid dienone is 3. The van der Waals surface area contributed by atoms with E-state index in [9.17, 15) is 9.90 Å². The fourth-order valence-electron chi connectivity index (χ4n) is 4.13. The van der Waals surface area contributed by atoms with Gasteiger partial charge in [0.2, 0.25) is 5.91 Å². The van der Waals surface area contributed by atoms with Crippen molar-refractivity contribution in [2.24, 2.45) is 5.92 Å². The van der Waals surface area contributed by atoms with E-state index in [1.54, 1.807) is 0 Å². The number of rotatable bonds is 6. The molecule has 1 aromatic rings. The van der Waals surface area contributed by atoms with Crippen molar-refractivity contribution in [2.45, 2.75) is 32.3 Å². The number of carbonyl (C=O) groups excluding carboxylic acids is 1. The van der Waals surface area contributed by atoms with Gasteiger partial charge in [0.05, 0.1) is 0 Å². The summed E-state index contributed by atoms with van der Waals surface area (Å²) >= 11 is 0. The molecule has 6 heteroatoms.